The maximum absolute atomic E-state index is 5.17. The number of fused-ring (bicyclic) bond motifs is 1. The maximum atomic E-state index is 5.17. The van der Waals surface area contributed by atoms with Crippen molar-refractivity contribution in [2.75, 3.05) is 13.7 Å². The van der Waals surface area contributed by atoms with E-state index in [1.807, 2.05) is 12.1 Å². The van der Waals surface area contributed by atoms with E-state index in [9.17, 15) is 0 Å². The minimum Gasteiger partial charge on any atom is -0.497 e. The highest BCUT2D eigenvalue weighted by Gasteiger charge is 2.24. The van der Waals surface area contributed by atoms with Gasteiger partial charge in [0.1, 0.15) is 11.6 Å². The van der Waals surface area contributed by atoms with Gasteiger partial charge in [-0.2, -0.15) is 0 Å². The highest BCUT2D eigenvalue weighted by molar-refractivity contribution is 5.96. The minimum atomic E-state index is 0.220. The molecule has 1 aromatic rings. The summed E-state index contributed by atoms with van der Waals surface area (Å²) >= 11 is 0. The Hall–Kier alpha value is -2.03. The van der Waals surface area contributed by atoms with Crippen LogP contribution in [0.4, 0.5) is 0 Å². The Labute approximate surface area is 107 Å². The summed E-state index contributed by atoms with van der Waals surface area (Å²) in [6.07, 6.45) is 6.34. The van der Waals surface area contributed by atoms with Crippen molar-refractivity contribution in [2.24, 2.45) is 4.99 Å². The van der Waals surface area contributed by atoms with Gasteiger partial charge in [-0.1, -0.05) is 18.2 Å². The lowest BCUT2D eigenvalue weighted by molar-refractivity contribution is 0.414. The molecule has 2 aliphatic rings. The second-order valence-electron chi connectivity index (χ2n) is 4.64. The molecule has 0 aliphatic carbocycles. The predicted molar refractivity (Wildman–Crippen MR) is 72.8 cm³/mol. The van der Waals surface area contributed by atoms with Gasteiger partial charge < -0.3 is 9.64 Å². The van der Waals surface area contributed by atoms with Crippen molar-refractivity contribution in [2.45, 2.75) is 13.0 Å². The number of ether oxygens (including phenoxy) is 1. The lowest BCUT2D eigenvalue weighted by atomic mass is 10.1. The number of benzene rings is 1. The van der Waals surface area contributed by atoms with Gasteiger partial charge in [-0.15, -0.1) is 0 Å². The molecule has 0 fully saturated rings. The van der Waals surface area contributed by atoms with Crippen LogP contribution in [0.3, 0.4) is 0 Å². The first kappa shape index (κ1) is 11.1. The van der Waals surface area contributed by atoms with Gasteiger partial charge in [-0.25, -0.2) is 0 Å². The van der Waals surface area contributed by atoms with Crippen molar-refractivity contribution in [3.05, 3.63) is 53.8 Å². The van der Waals surface area contributed by atoms with Crippen molar-refractivity contribution >= 4 is 5.84 Å². The Morgan fingerprint density at radius 3 is 2.72 bits per heavy atom. The topological polar surface area (TPSA) is 24.8 Å². The van der Waals surface area contributed by atoms with Crippen molar-refractivity contribution in [1.82, 2.24) is 4.90 Å². The zero-order chi connectivity index (χ0) is 12.5. The van der Waals surface area contributed by atoms with Crippen molar-refractivity contribution in [3.63, 3.8) is 0 Å². The van der Waals surface area contributed by atoms with E-state index >= 15 is 0 Å². The molecule has 1 unspecified atom stereocenters. The molecule has 1 aromatic carbocycles. The number of rotatable bonds is 2. The van der Waals surface area contributed by atoms with Crippen molar-refractivity contribution in [1.29, 1.82) is 0 Å². The van der Waals surface area contributed by atoms with Crippen LogP contribution in [-0.4, -0.2) is 24.4 Å². The van der Waals surface area contributed by atoms with Crippen LogP contribution in [0.25, 0.3) is 0 Å². The quantitative estimate of drug-likeness (QED) is 0.794. The first-order valence-electron chi connectivity index (χ1n) is 6.11. The predicted octanol–water partition coefficient (Wildman–Crippen LogP) is 2.92. The minimum absolute atomic E-state index is 0.220. The summed E-state index contributed by atoms with van der Waals surface area (Å²) < 4.78 is 5.17. The molecule has 3 rings (SSSR count). The molecule has 0 spiro atoms. The fourth-order valence-electron chi connectivity index (χ4n) is 2.31. The molecule has 0 amide bonds. The number of nitrogens with zero attached hydrogens (tertiary/aromatic N) is 2. The van der Waals surface area contributed by atoms with E-state index in [0.717, 1.165) is 18.1 Å². The van der Waals surface area contributed by atoms with E-state index in [1.54, 1.807) is 7.11 Å². The van der Waals surface area contributed by atoms with Crippen LogP contribution in [0, 0.1) is 0 Å². The smallest absolute Gasteiger partial charge is 0.128 e. The third kappa shape index (κ3) is 1.92. The van der Waals surface area contributed by atoms with Gasteiger partial charge in [0.05, 0.1) is 19.7 Å². The molecule has 0 saturated carbocycles. The summed E-state index contributed by atoms with van der Waals surface area (Å²) in [5, 5.41) is 0. The van der Waals surface area contributed by atoms with Crippen molar-refractivity contribution in [3.8, 4) is 5.75 Å². The molecule has 2 aliphatic heterocycles. The highest BCUT2D eigenvalue weighted by Crippen LogP contribution is 2.28. The number of allylic oxidation sites excluding steroid dienone is 2. The van der Waals surface area contributed by atoms with Gasteiger partial charge in [-0.05, 0) is 36.3 Å². The zero-order valence-corrected chi connectivity index (χ0v) is 10.6. The Kier molecular flexibility index (Phi) is 2.67. The fraction of sp³-hybridized carbons (Fsp3) is 0.267. The lowest BCUT2D eigenvalue weighted by Crippen LogP contribution is -2.22. The van der Waals surface area contributed by atoms with E-state index < -0.39 is 0 Å². The largest absolute Gasteiger partial charge is 0.497 e. The standard InChI is InChI=1S/C15H16N2O/c1-11-3-8-15-16-14(10-17(15)9-11)12-4-6-13(18-2)7-5-12/h3-9,14H,10H2,1-2H3. The molecule has 92 valence electrons. The van der Waals surface area contributed by atoms with Crippen LogP contribution < -0.4 is 4.74 Å². The van der Waals surface area contributed by atoms with E-state index in [-0.39, 0.29) is 6.04 Å². The fourth-order valence-corrected chi connectivity index (χ4v) is 2.31. The number of aliphatic imine (C=N–C) groups is 1. The SMILES string of the molecule is COc1ccc(C2CN3C=C(C)C=CC3=N2)cc1. The van der Waals surface area contributed by atoms with Crippen LogP contribution in [0.5, 0.6) is 5.75 Å². The highest BCUT2D eigenvalue weighted by atomic mass is 16.5. The molecule has 3 heteroatoms. The molecular weight excluding hydrogens is 224 g/mol. The van der Waals surface area contributed by atoms with Gasteiger partial charge in [0.15, 0.2) is 0 Å². The van der Waals surface area contributed by atoms with E-state index in [1.165, 1.54) is 11.1 Å². The van der Waals surface area contributed by atoms with Gasteiger partial charge in [-0.3, -0.25) is 4.99 Å². The lowest BCUT2D eigenvalue weighted by Gasteiger charge is -2.18. The zero-order valence-electron chi connectivity index (χ0n) is 10.6. The molecule has 2 heterocycles. The monoisotopic (exact) mass is 240 g/mol. The normalized spacial score (nSPS) is 21.4. The van der Waals surface area contributed by atoms with Gasteiger partial charge in [0.25, 0.3) is 0 Å². The van der Waals surface area contributed by atoms with Crippen LogP contribution >= 0.6 is 0 Å². The third-order valence-electron chi connectivity index (χ3n) is 3.31. The third-order valence-corrected chi connectivity index (χ3v) is 3.31. The second kappa shape index (κ2) is 4.33. The molecule has 0 radical (unpaired) electrons. The molecule has 0 saturated heterocycles. The summed E-state index contributed by atoms with van der Waals surface area (Å²) in [4.78, 5) is 6.95. The Morgan fingerprint density at radius 2 is 2.00 bits per heavy atom. The number of amidine groups is 1. The number of methoxy groups -OCH3 is 1. The summed E-state index contributed by atoms with van der Waals surface area (Å²) in [6, 6.07) is 8.38. The van der Waals surface area contributed by atoms with Crippen LogP contribution in [0.1, 0.15) is 18.5 Å². The Balaban J connectivity index is 1.83. The van der Waals surface area contributed by atoms with Crippen LogP contribution in [-0.2, 0) is 0 Å². The summed E-state index contributed by atoms with van der Waals surface area (Å²) in [5.74, 6) is 1.94. The summed E-state index contributed by atoms with van der Waals surface area (Å²) in [7, 11) is 1.68. The number of hydrogen-bond donors (Lipinski definition) is 0. The van der Waals surface area contributed by atoms with Crippen molar-refractivity contribution < 1.29 is 4.74 Å². The van der Waals surface area contributed by atoms with Crippen LogP contribution in [0.2, 0.25) is 0 Å². The molecule has 1 atom stereocenters. The van der Waals surface area contributed by atoms with Gasteiger partial charge in [0, 0.05) is 6.20 Å². The molecule has 3 nitrogen and oxygen atoms in total. The average Bonchev–Trinajstić information content (AvgIpc) is 2.81. The van der Waals surface area contributed by atoms with Gasteiger partial charge in [0.2, 0.25) is 0 Å². The molecule has 0 N–H and O–H groups in total. The van der Waals surface area contributed by atoms with E-state index in [4.69, 9.17) is 9.73 Å². The summed E-state index contributed by atoms with van der Waals surface area (Å²) in [6.45, 7) is 3.03. The first-order chi connectivity index (χ1) is 8.76. The Bertz CT molecular complexity index is 540. The van der Waals surface area contributed by atoms with E-state index in [0.29, 0.717) is 0 Å². The first-order valence-corrected chi connectivity index (χ1v) is 6.11. The second-order valence-corrected chi connectivity index (χ2v) is 4.64. The molecular formula is C15H16N2O. The molecule has 18 heavy (non-hydrogen) atoms. The average molecular weight is 240 g/mol. The van der Waals surface area contributed by atoms with Crippen LogP contribution in [0.15, 0.2) is 53.2 Å². The van der Waals surface area contributed by atoms with Gasteiger partial charge >= 0.3 is 0 Å². The molecule has 0 bridgehead atoms. The summed E-state index contributed by atoms with van der Waals surface area (Å²) in [5.41, 5.74) is 2.50. The molecule has 0 aromatic heterocycles. The Morgan fingerprint density at radius 1 is 1.22 bits per heavy atom. The number of hydrogen-bond acceptors (Lipinski definition) is 3. The maximum Gasteiger partial charge on any atom is 0.128 e. The van der Waals surface area contributed by atoms with E-state index in [2.05, 4.69) is 42.3 Å².